The average Bonchev–Trinajstić information content (AvgIpc) is 2.64. The number of esters is 1. The van der Waals surface area contributed by atoms with Crippen molar-refractivity contribution in [2.75, 3.05) is 6.61 Å². The molecule has 1 N–H and O–H groups in total. The lowest BCUT2D eigenvalue weighted by Gasteiger charge is -2.38. The predicted molar refractivity (Wildman–Crippen MR) is 99.4 cm³/mol. The lowest BCUT2D eigenvalue weighted by Crippen LogP contribution is -2.49. The predicted octanol–water partition coefficient (Wildman–Crippen LogP) is 1.02. The van der Waals surface area contributed by atoms with E-state index in [4.69, 9.17) is 4.74 Å². The third-order valence-electron chi connectivity index (χ3n) is 5.01. The summed E-state index contributed by atoms with van der Waals surface area (Å²) in [5.41, 5.74) is -0.961. The van der Waals surface area contributed by atoms with Crippen LogP contribution in [0.5, 0.6) is 0 Å². The summed E-state index contributed by atoms with van der Waals surface area (Å²) < 4.78 is 5.96. The van der Waals surface area contributed by atoms with Gasteiger partial charge in [-0.25, -0.2) is 4.68 Å². The molecule has 0 aliphatic carbocycles. The largest absolute Gasteiger partial charge is 0.454 e. The van der Waals surface area contributed by atoms with Gasteiger partial charge < -0.3 is 9.64 Å². The number of carbonyl (C=O) groups is 2. The van der Waals surface area contributed by atoms with Crippen molar-refractivity contribution in [3.8, 4) is 0 Å². The van der Waals surface area contributed by atoms with E-state index < -0.39 is 23.6 Å². The number of nitrogens with one attached hydrogen (secondary N) is 1. The molecule has 0 radical (unpaired) electrons. The molecule has 0 saturated carbocycles. The number of aromatic amines is 1. The molecular weight excluding hydrogens is 350 g/mol. The van der Waals surface area contributed by atoms with Crippen LogP contribution in [0, 0.1) is 0 Å². The fourth-order valence-corrected chi connectivity index (χ4v) is 3.66. The van der Waals surface area contributed by atoms with Crippen molar-refractivity contribution in [3.05, 3.63) is 45.0 Å². The first-order valence-electron chi connectivity index (χ1n) is 9.07. The van der Waals surface area contributed by atoms with Crippen LogP contribution in [-0.2, 0) is 20.9 Å². The Bertz CT molecular complexity index is 967. The van der Waals surface area contributed by atoms with Gasteiger partial charge in [-0.1, -0.05) is 12.1 Å². The molecule has 0 spiro atoms. The number of hydrogen-bond donors (Lipinski definition) is 1. The molecule has 3 rings (SSSR count). The number of fused-ring (bicyclic) bond motifs is 1. The number of H-pyrrole nitrogens is 1. The van der Waals surface area contributed by atoms with E-state index in [1.807, 2.05) is 13.8 Å². The lowest BCUT2D eigenvalue weighted by molar-refractivity contribution is -0.155. The van der Waals surface area contributed by atoms with E-state index in [0.717, 1.165) is 23.9 Å². The van der Waals surface area contributed by atoms with Crippen LogP contribution < -0.4 is 11.1 Å². The van der Waals surface area contributed by atoms with Crippen LogP contribution in [0.3, 0.4) is 0 Å². The number of amides is 1. The Morgan fingerprint density at radius 2 is 1.74 bits per heavy atom. The third kappa shape index (κ3) is 3.94. The molecule has 1 fully saturated rings. The van der Waals surface area contributed by atoms with E-state index in [1.165, 1.54) is 12.1 Å². The summed E-state index contributed by atoms with van der Waals surface area (Å²) in [6.45, 7) is 3.13. The molecule has 2 aromatic rings. The quantitative estimate of drug-likeness (QED) is 0.807. The summed E-state index contributed by atoms with van der Waals surface area (Å²) in [6.07, 6.45) is 2.93. The summed E-state index contributed by atoms with van der Waals surface area (Å²) in [6, 6.07) is 6.59. The summed E-state index contributed by atoms with van der Waals surface area (Å²) >= 11 is 0. The van der Waals surface area contributed by atoms with Gasteiger partial charge in [0.1, 0.15) is 6.54 Å². The van der Waals surface area contributed by atoms with Crippen LogP contribution in [-0.4, -0.2) is 45.2 Å². The Balaban J connectivity index is 1.67. The summed E-state index contributed by atoms with van der Waals surface area (Å²) in [5.74, 6) is -1.00. The maximum atomic E-state index is 12.4. The first-order valence-corrected chi connectivity index (χ1v) is 9.07. The van der Waals surface area contributed by atoms with E-state index >= 15 is 0 Å². The zero-order chi connectivity index (χ0) is 19.6. The molecule has 1 aliphatic rings. The van der Waals surface area contributed by atoms with Crippen LogP contribution >= 0.6 is 0 Å². The highest BCUT2D eigenvalue weighted by Gasteiger charge is 2.29. The number of nitrogens with zero attached hydrogens (tertiary/aromatic N) is 2. The standard InChI is InChI=1S/C19H23N3O5/c1-12-6-5-7-13(2)22(12)16(23)11-27-17(24)10-21-19(26)15-9-4-3-8-14(15)18(25)20-21/h3-4,8-9,12-13H,5-7,10-11H2,1-2H3,(H,20,25)/t12-,13-/m0/s1. The first kappa shape index (κ1) is 18.9. The second-order valence-electron chi connectivity index (χ2n) is 6.97. The molecule has 1 aliphatic heterocycles. The molecule has 0 unspecified atom stereocenters. The number of hydrogen-bond acceptors (Lipinski definition) is 5. The van der Waals surface area contributed by atoms with Crippen LogP contribution in [0.15, 0.2) is 33.9 Å². The van der Waals surface area contributed by atoms with E-state index in [2.05, 4.69) is 5.10 Å². The molecule has 1 saturated heterocycles. The second-order valence-corrected chi connectivity index (χ2v) is 6.97. The normalized spacial score (nSPS) is 19.9. The smallest absolute Gasteiger partial charge is 0.328 e. The second kappa shape index (κ2) is 7.77. The van der Waals surface area contributed by atoms with Crippen LogP contribution in [0.25, 0.3) is 10.8 Å². The van der Waals surface area contributed by atoms with E-state index in [-0.39, 0.29) is 35.4 Å². The van der Waals surface area contributed by atoms with Crippen molar-refractivity contribution in [1.29, 1.82) is 0 Å². The van der Waals surface area contributed by atoms with Gasteiger partial charge in [-0.2, -0.15) is 0 Å². The number of ether oxygens (including phenoxy) is 1. The van der Waals surface area contributed by atoms with E-state index in [1.54, 1.807) is 17.0 Å². The van der Waals surface area contributed by atoms with Crippen LogP contribution in [0.4, 0.5) is 0 Å². The molecule has 27 heavy (non-hydrogen) atoms. The van der Waals surface area contributed by atoms with Gasteiger partial charge in [-0.05, 0) is 45.2 Å². The zero-order valence-electron chi connectivity index (χ0n) is 15.4. The molecule has 8 heteroatoms. The lowest BCUT2D eigenvalue weighted by atomic mass is 9.97. The minimum atomic E-state index is -0.756. The number of likely N-dealkylation sites (tertiary alicyclic amines) is 1. The number of rotatable bonds is 4. The van der Waals surface area contributed by atoms with Crippen molar-refractivity contribution >= 4 is 22.6 Å². The minimum Gasteiger partial charge on any atom is -0.454 e. The van der Waals surface area contributed by atoms with Gasteiger partial charge in [0, 0.05) is 12.1 Å². The first-order chi connectivity index (χ1) is 12.9. The molecule has 2 heterocycles. The summed E-state index contributed by atoms with van der Waals surface area (Å²) in [7, 11) is 0. The maximum absolute atomic E-state index is 12.4. The fourth-order valence-electron chi connectivity index (χ4n) is 3.66. The van der Waals surface area contributed by atoms with Gasteiger partial charge >= 0.3 is 5.97 Å². The van der Waals surface area contributed by atoms with Crippen molar-refractivity contribution in [2.24, 2.45) is 0 Å². The van der Waals surface area contributed by atoms with Gasteiger partial charge in [-0.3, -0.25) is 24.3 Å². The molecule has 1 amide bonds. The third-order valence-corrected chi connectivity index (χ3v) is 5.01. The Labute approximate surface area is 155 Å². The van der Waals surface area contributed by atoms with Crippen molar-refractivity contribution in [1.82, 2.24) is 14.7 Å². The maximum Gasteiger partial charge on any atom is 0.328 e. The van der Waals surface area contributed by atoms with Gasteiger partial charge in [-0.15, -0.1) is 0 Å². The highest BCUT2D eigenvalue weighted by molar-refractivity contribution is 5.82. The van der Waals surface area contributed by atoms with Crippen molar-refractivity contribution < 1.29 is 14.3 Å². The van der Waals surface area contributed by atoms with Crippen molar-refractivity contribution in [3.63, 3.8) is 0 Å². The summed E-state index contributed by atoms with van der Waals surface area (Å²) in [4.78, 5) is 50.7. The Morgan fingerprint density at radius 1 is 1.11 bits per heavy atom. The van der Waals surface area contributed by atoms with E-state index in [0.29, 0.717) is 0 Å². The molecule has 144 valence electrons. The number of carbonyl (C=O) groups excluding carboxylic acids is 2. The topological polar surface area (TPSA) is 101 Å². The zero-order valence-corrected chi connectivity index (χ0v) is 15.4. The van der Waals surface area contributed by atoms with Gasteiger partial charge in [0.25, 0.3) is 17.0 Å². The highest BCUT2D eigenvalue weighted by atomic mass is 16.5. The highest BCUT2D eigenvalue weighted by Crippen LogP contribution is 2.22. The Morgan fingerprint density at radius 3 is 2.41 bits per heavy atom. The van der Waals surface area contributed by atoms with Crippen molar-refractivity contribution in [2.45, 2.75) is 51.7 Å². The fraction of sp³-hybridized carbons (Fsp3) is 0.474. The molecule has 0 bridgehead atoms. The molecule has 1 aromatic heterocycles. The number of piperidine rings is 1. The summed E-state index contributed by atoms with van der Waals surface area (Å²) in [5, 5.41) is 2.85. The molecule has 1 aromatic carbocycles. The molecular formula is C19H23N3O5. The monoisotopic (exact) mass is 373 g/mol. The SMILES string of the molecule is C[C@H]1CCC[C@H](C)N1C(=O)COC(=O)Cn1[nH]c(=O)c2ccccc2c1=O. The Kier molecular flexibility index (Phi) is 5.43. The van der Waals surface area contributed by atoms with Crippen LogP contribution in [0.1, 0.15) is 33.1 Å². The van der Waals surface area contributed by atoms with Gasteiger partial charge in [0.2, 0.25) is 0 Å². The van der Waals surface area contributed by atoms with Gasteiger partial charge in [0.15, 0.2) is 6.61 Å². The van der Waals surface area contributed by atoms with Gasteiger partial charge in [0.05, 0.1) is 10.8 Å². The molecule has 2 atom stereocenters. The Hall–Kier alpha value is -2.90. The average molecular weight is 373 g/mol. The van der Waals surface area contributed by atoms with E-state index in [9.17, 15) is 19.2 Å². The molecule has 8 nitrogen and oxygen atoms in total. The number of aromatic nitrogens is 2. The minimum absolute atomic E-state index is 0.111. The number of benzene rings is 1. The van der Waals surface area contributed by atoms with Crippen LogP contribution in [0.2, 0.25) is 0 Å².